The second-order valence-corrected chi connectivity index (χ2v) is 5.99. The molecular formula is C15H23N3O. The van der Waals surface area contributed by atoms with Crippen molar-refractivity contribution in [1.29, 1.82) is 0 Å². The molecule has 1 atom stereocenters. The van der Waals surface area contributed by atoms with Crippen molar-refractivity contribution in [1.82, 2.24) is 4.98 Å². The van der Waals surface area contributed by atoms with Gasteiger partial charge in [0, 0.05) is 31.0 Å². The first kappa shape index (κ1) is 12.9. The molecule has 4 heteroatoms. The first-order valence-electron chi connectivity index (χ1n) is 7.37. The minimum atomic E-state index is -0.712. The average Bonchev–Trinajstić information content (AvgIpc) is 2.87. The number of nitrogens with zero attached hydrogens (tertiary/aromatic N) is 2. The van der Waals surface area contributed by atoms with E-state index in [0.29, 0.717) is 0 Å². The maximum atomic E-state index is 10.8. The van der Waals surface area contributed by atoms with Crippen LogP contribution in [-0.4, -0.2) is 29.2 Å². The molecule has 3 N–H and O–H groups in total. The Bertz CT molecular complexity index is 443. The van der Waals surface area contributed by atoms with Gasteiger partial charge in [0.15, 0.2) is 0 Å². The molecular weight excluding hydrogens is 238 g/mol. The van der Waals surface area contributed by atoms with Gasteiger partial charge in [-0.05, 0) is 31.4 Å². The summed E-state index contributed by atoms with van der Waals surface area (Å²) in [5.74, 6) is 0. The molecule has 1 saturated carbocycles. The van der Waals surface area contributed by atoms with Gasteiger partial charge in [0.1, 0.15) is 5.60 Å². The van der Waals surface area contributed by atoms with Gasteiger partial charge in [-0.2, -0.15) is 0 Å². The maximum absolute atomic E-state index is 10.8. The molecule has 0 amide bonds. The normalized spacial score (nSPS) is 26.6. The van der Waals surface area contributed by atoms with Crippen LogP contribution in [-0.2, 0) is 5.60 Å². The molecule has 2 aliphatic rings. The fourth-order valence-corrected chi connectivity index (χ4v) is 3.29. The Morgan fingerprint density at radius 1 is 1.32 bits per heavy atom. The molecule has 1 aliphatic heterocycles. The van der Waals surface area contributed by atoms with E-state index in [0.717, 1.165) is 56.6 Å². The second-order valence-electron chi connectivity index (χ2n) is 5.99. The molecule has 1 aliphatic carbocycles. The topological polar surface area (TPSA) is 62.4 Å². The van der Waals surface area contributed by atoms with E-state index in [1.165, 1.54) is 6.42 Å². The Morgan fingerprint density at radius 2 is 2.11 bits per heavy atom. The number of aromatic nitrogens is 1. The lowest BCUT2D eigenvalue weighted by molar-refractivity contribution is -0.00459. The van der Waals surface area contributed by atoms with Crippen LogP contribution in [0.4, 0.5) is 5.69 Å². The summed E-state index contributed by atoms with van der Waals surface area (Å²) in [4.78, 5) is 6.71. The minimum absolute atomic E-state index is 0.273. The second kappa shape index (κ2) is 5.10. The van der Waals surface area contributed by atoms with Gasteiger partial charge in [0.2, 0.25) is 0 Å². The van der Waals surface area contributed by atoms with Crippen molar-refractivity contribution < 1.29 is 5.11 Å². The van der Waals surface area contributed by atoms with E-state index < -0.39 is 5.60 Å². The molecule has 0 spiro atoms. The highest BCUT2D eigenvalue weighted by Gasteiger charge is 2.33. The number of pyridine rings is 1. The fourth-order valence-electron chi connectivity index (χ4n) is 3.29. The summed E-state index contributed by atoms with van der Waals surface area (Å²) in [5, 5.41) is 10.8. The van der Waals surface area contributed by atoms with E-state index in [2.05, 4.69) is 16.0 Å². The zero-order valence-electron chi connectivity index (χ0n) is 11.4. The van der Waals surface area contributed by atoms with Crippen molar-refractivity contribution in [2.75, 3.05) is 18.0 Å². The van der Waals surface area contributed by atoms with E-state index >= 15 is 0 Å². The zero-order chi connectivity index (χ0) is 13.3. The standard InChI is InChI=1S/C15H23N3O/c16-12-5-9-18(11-12)13-4-8-17-14(10-13)15(19)6-2-1-3-7-15/h4,8,10,12,19H,1-3,5-7,9,11,16H2/t12-/m1/s1. The molecule has 4 nitrogen and oxygen atoms in total. The Hall–Kier alpha value is -1.13. The Labute approximate surface area is 114 Å². The van der Waals surface area contributed by atoms with Crippen LogP contribution in [0.5, 0.6) is 0 Å². The summed E-state index contributed by atoms with van der Waals surface area (Å²) in [5.41, 5.74) is 7.24. The summed E-state index contributed by atoms with van der Waals surface area (Å²) >= 11 is 0. The minimum Gasteiger partial charge on any atom is -0.384 e. The zero-order valence-corrected chi connectivity index (χ0v) is 11.4. The van der Waals surface area contributed by atoms with Crippen LogP contribution < -0.4 is 10.6 Å². The Balaban J connectivity index is 1.83. The lowest BCUT2D eigenvalue weighted by Crippen LogP contribution is -2.30. The maximum Gasteiger partial charge on any atom is 0.107 e. The summed E-state index contributed by atoms with van der Waals surface area (Å²) < 4.78 is 0. The SMILES string of the molecule is N[C@@H]1CCN(c2ccnc(C3(O)CCCCC3)c2)C1. The predicted octanol–water partition coefficient (Wildman–Crippen LogP) is 1.77. The Kier molecular flexibility index (Phi) is 3.46. The van der Waals surface area contributed by atoms with Crippen LogP contribution in [0.25, 0.3) is 0 Å². The van der Waals surface area contributed by atoms with Crippen LogP contribution in [0, 0.1) is 0 Å². The molecule has 3 rings (SSSR count). The van der Waals surface area contributed by atoms with Gasteiger partial charge in [-0.25, -0.2) is 0 Å². The number of hydrogen-bond donors (Lipinski definition) is 2. The summed E-state index contributed by atoms with van der Waals surface area (Å²) in [6.45, 7) is 1.91. The molecule has 1 aromatic rings. The third-order valence-corrected chi connectivity index (χ3v) is 4.49. The van der Waals surface area contributed by atoms with Crippen molar-refractivity contribution >= 4 is 5.69 Å². The van der Waals surface area contributed by atoms with Gasteiger partial charge in [-0.3, -0.25) is 4.98 Å². The molecule has 0 bridgehead atoms. The van der Waals surface area contributed by atoms with Gasteiger partial charge in [-0.15, -0.1) is 0 Å². The van der Waals surface area contributed by atoms with E-state index in [-0.39, 0.29) is 6.04 Å². The molecule has 19 heavy (non-hydrogen) atoms. The quantitative estimate of drug-likeness (QED) is 0.851. The molecule has 2 heterocycles. The third kappa shape index (κ3) is 2.60. The van der Waals surface area contributed by atoms with Crippen molar-refractivity contribution in [2.45, 2.75) is 50.2 Å². The predicted molar refractivity (Wildman–Crippen MR) is 76.0 cm³/mol. The fraction of sp³-hybridized carbons (Fsp3) is 0.667. The third-order valence-electron chi connectivity index (χ3n) is 4.49. The molecule has 1 aromatic heterocycles. The van der Waals surface area contributed by atoms with Gasteiger partial charge in [-0.1, -0.05) is 19.3 Å². The van der Waals surface area contributed by atoms with Crippen LogP contribution >= 0.6 is 0 Å². The van der Waals surface area contributed by atoms with Gasteiger partial charge < -0.3 is 15.7 Å². The van der Waals surface area contributed by atoms with Crippen LogP contribution in [0.2, 0.25) is 0 Å². The molecule has 104 valence electrons. The van der Waals surface area contributed by atoms with Crippen LogP contribution in [0.1, 0.15) is 44.2 Å². The number of aliphatic hydroxyl groups is 1. The highest BCUT2D eigenvalue weighted by molar-refractivity contribution is 5.48. The van der Waals surface area contributed by atoms with E-state index in [9.17, 15) is 5.11 Å². The van der Waals surface area contributed by atoms with E-state index in [4.69, 9.17) is 5.73 Å². The highest BCUT2D eigenvalue weighted by Crippen LogP contribution is 2.37. The van der Waals surface area contributed by atoms with E-state index in [1.54, 1.807) is 0 Å². The molecule has 1 saturated heterocycles. The summed E-state index contributed by atoms with van der Waals surface area (Å²) in [6.07, 6.45) is 7.95. The lowest BCUT2D eigenvalue weighted by Gasteiger charge is -2.32. The molecule has 0 aromatic carbocycles. The van der Waals surface area contributed by atoms with Gasteiger partial charge in [0.25, 0.3) is 0 Å². The smallest absolute Gasteiger partial charge is 0.107 e. The van der Waals surface area contributed by atoms with Crippen molar-refractivity contribution in [2.24, 2.45) is 5.73 Å². The first-order valence-corrected chi connectivity index (χ1v) is 7.37. The number of hydrogen-bond acceptors (Lipinski definition) is 4. The molecule has 2 fully saturated rings. The molecule has 0 unspecified atom stereocenters. The number of nitrogens with two attached hydrogens (primary N) is 1. The summed E-state index contributed by atoms with van der Waals surface area (Å²) in [6, 6.07) is 4.35. The van der Waals surface area contributed by atoms with Crippen molar-refractivity contribution in [3.8, 4) is 0 Å². The van der Waals surface area contributed by atoms with Gasteiger partial charge >= 0.3 is 0 Å². The monoisotopic (exact) mass is 261 g/mol. The number of rotatable bonds is 2. The largest absolute Gasteiger partial charge is 0.384 e. The lowest BCUT2D eigenvalue weighted by atomic mass is 9.82. The summed E-state index contributed by atoms with van der Waals surface area (Å²) in [7, 11) is 0. The first-order chi connectivity index (χ1) is 9.17. The number of anilines is 1. The average molecular weight is 261 g/mol. The van der Waals surface area contributed by atoms with Crippen LogP contribution in [0.15, 0.2) is 18.3 Å². The van der Waals surface area contributed by atoms with E-state index in [1.807, 2.05) is 12.3 Å². The Morgan fingerprint density at radius 3 is 2.79 bits per heavy atom. The highest BCUT2D eigenvalue weighted by atomic mass is 16.3. The van der Waals surface area contributed by atoms with Crippen molar-refractivity contribution in [3.63, 3.8) is 0 Å². The van der Waals surface area contributed by atoms with Gasteiger partial charge in [0.05, 0.1) is 5.69 Å². The van der Waals surface area contributed by atoms with Crippen LogP contribution in [0.3, 0.4) is 0 Å². The van der Waals surface area contributed by atoms with Crippen molar-refractivity contribution in [3.05, 3.63) is 24.0 Å². The molecule has 0 radical (unpaired) electrons.